The van der Waals surface area contributed by atoms with Crippen LogP contribution in [0.3, 0.4) is 0 Å². The number of nitrogens with zero attached hydrogens (tertiary/aromatic N) is 3. The molecular formula is C19H19N3O3S. The Morgan fingerprint density at radius 2 is 2.08 bits per heavy atom. The van der Waals surface area contributed by atoms with Gasteiger partial charge in [-0.15, -0.1) is 11.3 Å². The van der Waals surface area contributed by atoms with Crippen LogP contribution in [0.1, 0.15) is 46.3 Å². The molecule has 0 saturated heterocycles. The van der Waals surface area contributed by atoms with E-state index in [2.05, 4.69) is 10.1 Å². The molecule has 0 aliphatic carbocycles. The van der Waals surface area contributed by atoms with Crippen molar-refractivity contribution in [1.82, 2.24) is 14.8 Å². The third kappa shape index (κ3) is 3.35. The molecular weight excluding hydrogens is 350 g/mol. The molecule has 0 N–H and O–H groups in total. The first kappa shape index (κ1) is 16.8. The minimum absolute atomic E-state index is 0.0947. The Bertz CT molecular complexity index is 961. The van der Waals surface area contributed by atoms with Crippen molar-refractivity contribution in [2.45, 2.75) is 33.2 Å². The Morgan fingerprint density at radius 1 is 1.23 bits per heavy atom. The minimum atomic E-state index is 0.0947. The fraction of sp³-hybridized carbons (Fsp3) is 0.316. The number of ketones is 1. The molecule has 1 aliphatic rings. The first-order valence-corrected chi connectivity index (χ1v) is 9.40. The highest BCUT2D eigenvalue weighted by atomic mass is 32.1. The number of fused-ring (bicyclic) bond motifs is 1. The SMILES string of the molecule is CCc1nc(Cc2csc(C(C)=O)c2)n(Cc2ccc3c(c2)OCO3)n1. The summed E-state index contributed by atoms with van der Waals surface area (Å²) in [5.41, 5.74) is 2.17. The topological polar surface area (TPSA) is 66.2 Å². The van der Waals surface area contributed by atoms with Crippen LogP contribution >= 0.6 is 11.3 Å². The lowest BCUT2D eigenvalue weighted by atomic mass is 10.2. The first-order chi connectivity index (χ1) is 12.6. The average molecular weight is 369 g/mol. The number of hydrogen-bond acceptors (Lipinski definition) is 6. The molecule has 0 amide bonds. The molecule has 4 rings (SSSR count). The maximum Gasteiger partial charge on any atom is 0.231 e. The zero-order valence-corrected chi connectivity index (χ0v) is 15.5. The Hall–Kier alpha value is -2.67. The van der Waals surface area contributed by atoms with Gasteiger partial charge in [0.1, 0.15) is 5.82 Å². The summed E-state index contributed by atoms with van der Waals surface area (Å²) in [6.07, 6.45) is 1.44. The van der Waals surface area contributed by atoms with Gasteiger partial charge in [-0.05, 0) is 41.6 Å². The van der Waals surface area contributed by atoms with Gasteiger partial charge >= 0.3 is 0 Å². The van der Waals surface area contributed by atoms with Crippen molar-refractivity contribution < 1.29 is 14.3 Å². The molecule has 0 spiro atoms. The van der Waals surface area contributed by atoms with Crippen molar-refractivity contribution in [3.63, 3.8) is 0 Å². The van der Waals surface area contributed by atoms with Gasteiger partial charge in [-0.1, -0.05) is 13.0 Å². The van der Waals surface area contributed by atoms with Gasteiger partial charge in [0, 0.05) is 12.8 Å². The van der Waals surface area contributed by atoms with E-state index in [4.69, 9.17) is 9.47 Å². The lowest BCUT2D eigenvalue weighted by Crippen LogP contribution is -2.07. The number of rotatable bonds is 6. The van der Waals surface area contributed by atoms with Gasteiger partial charge in [0.15, 0.2) is 23.1 Å². The van der Waals surface area contributed by atoms with Crippen LogP contribution in [0, 0.1) is 0 Å². The van der Waals surface area contributed by atoms with E-state index in [1.807, 2.05) is 41.3 Å². The number of Topliss-reactive ketones (excluding diaryl/α,β-unsaturated/α-hetero) is 1. The number of ether oxygens (including phenoxy) is 2. The summed E-state index contributed by atoms with van der Waals surface area (Å²) in [7, 11) is 0. The molecule has 2 aromatic heterocycles. The fourth-order valence-corrected chi connectivity index (χ4v) is 3.70. The Labute approximate surface area is 155 Å². The number of hydrogen-bond donors (Lipinski definition) is 0. The molecule has 3 aromatic rings. The maximum atomic E-state index is 11.5. The zero-order chi connectivity index (χ0) is 18.1. The predicted molar refractivity (Wildman–Crippen MR) is 98.2 cm³/mol. The van der Waals surface area contributed by atoms with Crippen LogP contribution < -0.4 is 9.47 Å². The molecule has 0 atom stereocenters. The summed E-state index contributed by atoms with van der Waals surface area (Å²) in [4.78, 5) is 17.0. The highest BCUT2D eigenvalue weighted by Crippen LogP contribution is 2.32. The predicted octanol–water partition coefficient (Wildman–Crippen LogP) is 3.47. The Kier molecular flexibility index (Phi) is 4.46. The summed E-state index contributed by atoms with van der Waals surface area (Å²) in [6.45, 7) is 4.52. The van der Waals surface area contributed by atoms with Gasteiger partial charge in [0.25, 0.3) is 0 Å². The summed E-state index contributed by atoms with van der Waals surface area (Å²) in [5.74, 6) is 3.35. The van der Waals surface area contributed by atoms with Gasteiger partial charge in [0.2, 0.25) is 6.79 Å². The van der Waals surface area contributed by atoms with Gasteiger partial charge in [0.05, 0.1) is 11.4 Å². The summed E-state index contributed by atoms with van der Waals surface area (Å²) < 4.78 is 12.8. The molecule has 0 fully saturated rings. The van der Waals surface area contributed by atoms with Crippen molar-refractivity contribution >= 4 is 17.1 Å². The molecule has 0 radical (unpaired) electrons. The van der Waals surface area contributed by atoms with Gasteiger partial charge in [-0.25, -0.2) is 9.67 Å². The first-order valence-electron chi connectivity index (χ1n) is 8.52. The van der Waals surface area contributed by atoms with Gasteiger partial charge in [-0.2, -0.15) is 5.10 Å². The highest BCUT2D eigenvalue weighted by Gasteiger charge is 2.16. The molecule has 26 heavy (non-hydrogen) atoms. The maximum absolute atomic E-state index is 11.5. The largest absolute Gasteiger partial charge is 0.454 e. The molecule has 0 unspecified atom stereocenters. The van der Waals surface area contributed by atoms with Crippen molar-refractivity contribution in [3.05, 3.63) is 57.3 Å². The average Bonchev–Trinajstić information content (AvgIpc) is 3.35. The van der Waals surface area contributed by atoms with E-state index < -0.39 is 0 Å². The second-order valence-corrected chi connectivity index (χ2v) is 7.11. The van der Waals surface area contributed by atoms with E-state index in [9.17, 15) is 4.79 Å². The second-order valence-electron chi connectivity index (χ2n) is 6.20. The quantitative estimate of drug-likeness (QED) is 0.623. The van der Waals surface area contributed by atoms with Crippen LogP contribution in [0.25, 0.3) is 0 Å². The van der Waals surface area contributed by atoms with E-state index in [0.29, 0.717) is 13.0 Å². The van der Waals surface area contributed by atoms with E-state index >= 15 is 0 Å². The number of aryl methyl sites for hydroxylation is 1. The van der Waals surface area contributed by atoms with Crippen LogP contribution in [-0.4, -0.2) is 27.3 Å². The van der Waals surface area contributed by atoms with Gasteiger partial charge < -0.3 is 9.47 Å². The second kappa shape index (κ2) is 6.92. The summed E-state index contributed by atoms with van der Waals surface area (Å²) in [6, 6.07) is 7.87. The molecule has 0 bridgehead atoms. The van der Waals surface area contributed by atoms with E-state index in [1.165, 1.54) is 11.3 Å². The number of aromatic nitrogens is 3. The van der Waals surface area contributed by atoms with Crippen molar-refractivity contribution in [1.29, 1.82) is 0 Å². The number of thiophene rings is 1. The molecule has 134 valence electrons. The molecule has 0 saturated carbocycles. The van der Waals surface area contributed by atoms with Gasteiger partial charge in [-0.3, -0.25) is 4.79 Å². The van der Waals surface area contributed by atoms with Crippen molar-refractivity contribution in [2.75, 3.05) is 6.79 Å². The zero-order valence-electron chi connectivity index (χ0n) is 14.7. The fourth-order valence-electron chi connectivity index (χ4n) is 2.88. The summed E-state index contributed by atoms with van der Waals surface area (Å²) in [5, 5.41) is 6.64. The molecule has 1 aliphatic heterocycles. The monoisotopic (exact) mass is 369 g/mol. The van der Waals surface area contributed by atoms with E-state index in [1.54, 1.807) is 6.92 Å². The normalized spacial score (nSPS) is 12.5. The van der Waals surface area contributed by atoms with Crippen LogP contribution in [0.4, 0.5) is 0 Å². The standard InChI is InChI=1S/C19H19N3O3S/c1-3-18-20-19(8-14-7-17(12(2)23)26-10-14)22(21-18)9-13-4-5-15-16(6-13)25-11-24-15/h4-7,10H,3,8-9,11H2,1-2H3. The van der Waals surface area contributed by atoms with Crippen LogP contribution in [0.2, 0.25) is 0 Å². The number of carbonyl (C=O) groups is 1. The lowest BCUT2D eigenvalue weighted by molar-refractivity contribution is 0.102. The molecule has 3 heterocycles. The minimum Gasteiger partial charge on any atom is -0.454 e. The summed E-state index contributed by atoms with van der Waals surface area (Å²) >= 11 is 1.48. The van der Waals surface area contributed by atoms with E-state index in [0.717, 1.165) is 45.6 Å². The van der Waals surface area contributed by atoms with Crippen LogP contribution in [-0.2, 0) is 19.4 Å². The molecule has 1 aromatic carbocycles. The van der Waals surface area contributed by atoms with Crippen LogP contribution in [0.15, 0.2) is 29.6 Å². The number of carbonyl (C=O) groups excluding carboxylic acids is 1. The molecule has 7 heteroatoms. The highest BCUT2D eigenvalue weighted by molar-refractivity contribution is 7.12. The third-order valence-corrected chi connectivity index (χ3v) is 5.32. The Balaban J connectivity index is 1.59. The van der Waals surface area contributed by atoms with Crippen LogP contribution in [0.5, 0.6) is 11.5 Å². The molecule has 6 nitrogen and oxygen atoms in total. The smallest absolute Gasteiger partial charge is 0.231 e. The van der Waals surface area contributed by atoms with Crippen molar-refractivity contribution in [3.8, 4) is 11.5 Å². The lowest BCUT2D eigenvalue weighted by Gasteiger charge is -2.06. The number of benzene rings is 1. The van der Waals surface area contributed by atoms with E-state index in [-0.39, 0.29) is 12.6 Å². The Morgan fingerprint density at radius 3 is 2.85 bits per heavy atom. The third-order valence-electron chi connectivity index (χ3n) is 4.24. The van der Waals surface area contributed by atoms with Crippen molar-refractivity contribution in [2.24, 2.45) is 0 Å².